The normalized spacial score (nSPS) is 19.9. The molecule has 2 atom stereocenters. The van der Waals surface area contributed by atoms with Crippen molar-refractivity contribution in [2.24, 2.45) is 0 Å². The molecule has 0 radical (unpaired) electrons. The average Bonchev–Trinajstić information content (AvgIpc) is 2.52. The van der Waals surface area contributed by atoms with Gasteiger partial charge in [-0.15, -0.1) is 0 Å². The molecule has 0 unspecified atom stereocenters. The standard InChI is InChI=1S/C14H15N3O5/c1-21-9-4-3-8(11(5-9)22-2)7-17-10(6-15)12(13(17)18)16-14(19)20/h3-5,10,12,16H,7H2,1-2H3,(H,19,20)/t10-,12+/m1/s1. The second-order valence-corrected chi connectivity index (χ2v) is 4.65. The lowest BCUT2D eigenvalue weighted by Crippen LogP contribution is -2.69. The lowest BCUT2D eigenvalue weighted by molar-refractivity contribution is -0.148. The lowest BCUT2D eigenvalue weighted by Gasteiger charge is -2.42. The van der Waals surface area contributed by atoms with E-state index >= 15 is 0 Å². The summed E-state index contributed by atoms with van der Waals surface area (Å²) in [4.78, 5) is 23.9. The van der Waals surface area contributed by atoms with Crippen molar-refractivity contribution in [1.29, 1.82) is 5.26 Å². The van der Waals surface area contributed by atoms with Crippen LogP contribution in [0.15, 0.2) is 18.2 Å². The van der Waals surface area contributed by atoms with Crippen LogP contribution in [0, 0.1) is 11.3 Å². The number of methoxy groups -OCH3 is 2. The largest absolute Gasteiger partial charge is 0.497 e. The van der Waals surface area contributed by atoms with Gasteiger partial charge in [-0.1, -0.05) is 0 Å². The van der Waals surface area contributed by atoms with Crippen LogP contribution in [-0.4, -0.2) is 48.3 Å². The molecule has 0 spiro atoms. The van der Waals surface area contributed by atoms with Gasteiger partial charge in [-0.2, -0.15) is 5.26 Å². The molecule has 1 aliphatic rings. The number of benzene rings is 1. The molecular weight excluding hydrogens is 290 g/mol. The van der Waals surface area contributed by atoms with Crippen molar-refractivity contribution in [2.45, 2.75) is 18.6 Å². The first-order valence-corrected chi connectivity index (χ1v) is 6.42. The average molecular weight is 305 g/mol. The molecule has 1 fully saturated rings. The highest BCUT2D eigenvalue weighted by molar-refractivity contribution is 5.93. The van der Waals surface area contributed by atoms with Gasteiger partial charge < -0.3 is 24.8 Å². The molecule has 1 aromatic rings. The van der Waals surface area contributed by atoms with Gasteiger partial charge in [0.15, 0.2) is 0 Å². The summed E-state index contributed by atoms with van der Waals surface area (Å²) >= 11 is 0. The molecular formula is C14H15N3O5. The fraction of sp³-hybridized carbons (Fsp3) is 0.357. The van der Waals surface area contributed by atoms with E-state index in [0.717, 1.165) is 0 Å². The molecule has 8 heteroatoms. The van der Waals surface area contributed by atoms with E-state index in [0.29, 0.717) is 17.1 Å². The first-order valence-electron chi connectivity index (χ1n) is 6.42. The number of hydrogen-bond acceptors (Lipinski definition) is 5. The third-order valence-electron chi connectivity index (χ3n) is 3.45. The summed E-state index contributed by atoms with van der Waals surface area (Å²) in [5.41, 5.74) is 0.700. The van der Waals surface area contributed by atoms with E-state index in [1.165, 1.54) is 19.1 Å². The van der Waals surface area contributed by atoms with Crippen LogP contribution in [0.25, 0.3) is 0 Å². The van der Waals surface area contributed by atoms with E-state index in [1.807, 2.05) is 11.4 Å². The van der Waals surface area contributed by atoms with Gasteiger partial charge in [-0.3, -0.25) is 4.79 Å². The van der Waals surface area contributed by atoms with Gasteiger partial charge in [0.2, 0.25) is 5.91 Å². The van der Waals surface area contributed by atoms with E-state index in [4.69, 9.17) is 19.8 Å². The summed E-state index contributed by atoms with van der Waals surface area (Å²) in [5.74, 6) is 0.697. The zero-order valence-corrected chi connectivity index (χ0v) is 12.1. The van der Waals surface area contributed by atoms with Gasteiger partial charge in [0.1, 0.15) is 23.6 Å². The maximum absolute atomic E-state index is 12.0. The monoisotopic (exact) mass is 305 g/mol. The van der Waals surface area contributed by atoms with Crippen molar-refractivity contribution >= 4 is 12.0 Å². The van der Waals surface area contributed by atoms with Crippen molar-refractivity contribution in [1.82, 2.24) is 10.2 Å². The summed E-state index contributed by atoms with van der Waals surface area (Å²) in [6.07, 6.45) is -1.33. The van der Waals surface area contributed by atoms with E-state index in [1.54, 1.807) is 18.2 Å². The van der Waals surface area contributed by atoms with Gasteiger partial charge in [0, 0.05) is 11.6 Å². The molecule has 1 heterocycles. The molecule has 22 heavy (non-hydrogen) atoms. The number of amides is 2. The van der Waals surface area contributed by atoms with Crippen molar-refractivity contribution in [3.8, 4) is 17.6 Å². The van der Waals surface area contributed by atoms with Crippen LogP contribution in [0.3, 0.4) is 0 Å². The number of carbonyl (C=O) groups excluding carboxylic acids is 1. The molecule has 8 nitrogen and oxygen atoms in total. The predicted octanol–water partition coefficient (Wildman–Crippen LogP) is 0.574. The van der Waals surface area contributed by atoms with Gasteiger partial charge >= 0.3 is 6.09 Å². The first-order chi connectivity index (χ1) is 10.5. The number of rotatable bonds is 5. The molecule has 1 aromatic carbocycles. The number of carboxylic acid groups (broad SMARTS) is 1. The summed E-state index contributed by atoms with van der Waals surface area (Å²) in [7, 11) is 3.02. The predicted molar refractivity (Wildman–Crippen MR) is 74.4 cm³/mol. The molecule has 0 bridgehead atoms. The summed E-state index contributed by atoms with van der Waals surface area (Å²) in [6.45, 7) is 0.155. The second kappa shape index (κ2) is 6.22. The fourth-order valence-electron chi connectivity index (χ4n) is 2.31. The van der Waals surface area contributed by atoms with Gasteiger partial charge in [-0.05, 0) is 12.1 Å². The Hall–Kier alpha value is -2.95. The van der Waals surface area contributed by atoms with Gasteiger partial charge in [0.25, 0.3) is 0 Å². The highest BCUT2D eigenvalue weighted by Crippen LogP contribution is 2.29. The Labute approximate surface area is 126 Å². The number of ether oxygens (including phenoxy) is 2. The smallest absolute Gasteiger partial charge is 0.405 e. The van der Waals surface area contributed by atoms with Gasteiger partial charge in [-0.25, -0.2) is 4.79 Å². The van der Waals surface area contributed by atoms with Crippen LogP contribution in [-0.2, 0) is 11.3 Å². The zero-order chi connectivity index (χ0) is 16.3. The number of carbonyl (C=O) groups is 2. The molecule has 0 aliphatic carbocycles. The molecule has 1 saturated heterocycles. The Bertz CT molecular complexity index is 640. The first kappa shape index (κ1) is 15.4. The summed E-state index contributed by atoms with van der Waals surface area (Å²) in [5, 5.41) is 19.8. The van der Waals surface area contributed by atoms with Crippen LogP contribution in [0.4, 0.5) is 4.79 Å². The quantitative estimate of drug-likeness (QED) is 0.769. The van der Waals surface area contributed by atoms with Gasteiger partial charge in [0.05, 0.1) is 26.8 Å². The maximum atomic E-state index is 12.0. The SMILES string of the molecule is COc1ccc(CN2C(=O)[C@@H](NC(=O)O)[C@H]2C#N)c(OC)c1. The third kappa shape index (κ3) is 2.74. The van der Waals surface area contributed by atoms with Crippen molar-refractivity contribution < 1.29 is 24.2 Å². The Morgan fingerprint density at radius 1 is 1.45 bits per heavy atom. The topological polar surface area (TPSA) is 112 Å². The third-order valence-corrected chi connectivity index (χ3v) is 3.45. The highest BCUT2D eigenvalue weighted by Gasteiger charge is 2.48. The molecule has 2 rings (SSSR count). The number of nitriles is 1. The number of hydrogen-bond donors (Lipinski definition) is 2. The van der Waals surface area contributed by atoms with E-state index in [-0.39, 0.29) is 6.54 Å². The molecule has 116 valence electrons. The Kier molecular flexibility index (Phi) is 4.36. The molecule has 0 aromatic heterocycles. The molecule has 0 saturated carbocycles. The Morgan fingerprint density at radius 3 is 2.73 bits per heavy atom. The Balaban J connectivity index is 2.16. The van der Waals surface area contributed by atoms with E-state index < -0.39 is 24.1 Å². The van der Waals surface area contributed by atoms with Crippen LogP contribution in [0.2, 0.25) is 0 Å². The number of nitrogens with zero attached hydrogens (tertiary/aromatic N) is 2. The van der Waals surface area contributed by atoms with Crippen LogP contribution in [0.1, 0.15) is 5.56 Å². The summed E-state index contributed by atoms with van der Waals surface area (Å²) < 4.78 is 10.3. The zero-order valence-electron chi connectivity index (χ0n) is 12.1. The molecule has 2 N–H and O–H groups in total. The van der Waals surface area contributed by atoms with E-state index in [2.05, 4.69) is 0 Å². The van der Waals surface area contributed by atoms with Crippen molar-refractivity contribution in [3.05, 3.63) is 23.8 Å². The van der Waals surface area contributed by atoms with Crippen LogP contribution >= 0.6 is 0 Å². The number of β-lactam (4-membered cyclic amide) rings is 1. The molecule has 1 aliphatic heterocycles. The minimum absolute atomic E-state index is 0.155. The minimum atomic E-state index is -1.33. The number of nitrogens with one attached hydrogen (secondary N) is 1. The fourth-order valence-corrected chi connectivity index (χ4v) is 2.31. The van der Waals surface area contributed by atoms with Crippen LogP contribution in [0.5, 0.6) is 11.5 Å². The van der Waals surface area contributed by atoms with Crippen molar-refractivity contribution in [2.75, 3.05) is 14.2 Å². The highest BCUT2D eigenvalue weighted by atomic mass is 16.5. The minimum Gasteiger partial charge on any atom is -0.497 e. The number of likely N-dealkylation sites (tertiary alicyclic amines) is 1. The second-order valence-electron chi connectivity index (χ2n) is 4.65. The van der Waals surface area contributed by atoms with Crippen molar-refractivity contribution in [3.63, 3.8) is 0 Å². The Morgan fingerprint density at radius 2 is 2.18 bits per heavy atom. The summed E-state index contributed by atoms with van der Waals surface area (Å²) in [6, 6.07) is 5.20. The van der Waals surface area contributed by atoms with E-state index in [9.17, 15) is 9.59 Å². The lowest BCUT2D eigenvalue weighted by atomic mass is 9.95. The van der Waals surface area contributed by atoms with Crippen LogP contribution < -0.4 is 14.8 Å². The molecule has 2 amide bonds. The maximum Gasteiger partial charge on any atom is 0.405 e.